The molecule has 114 valence electrons. The van der Waals surface area contributed by atoms with Crippen molar-refractivity contribution in [3.63, 3.8) is 0 Å². The molecule has 0 amide bonds. The topological polar surface area (TPSA) is 38.7 Å². The Bertz CT molecular complexity index is 536. The van der Waals surface area contributed by atoms with Crippen LogP contribution in [0.15, 0.2) is 36.9 Å². The molecule has 0 aromatic heterocycles. The van der Waals surface area contributed by atoms with Gasteiger partial charge in [-0.2, -0.15) is 0 Å². The van der Waals surface area contributed by atoms with Gasteiger partial charge < -0.3 is 14.6 Å². The van der Waals surface area contributed by atoms with Crippen LogP contribution >= 0.6 is 0 Å². The van der Waals surface area contributed by atoms with Crippen LogP contribution in [0.1, 0.15) is 45.3 Å². The van der Waals surface area contributed by atoms with Gasteiger partial charge in [-0.3, -0.25) is 0 Å². The van der Waals surface area contributed by atoms with Crippen molar-refractivity contribution in [1.29, 1.82) is 0 Å². The van der Waals surface area contributed by atoms with E-state index in [-0.39, 0.29) is 23.4 Å². The van der Waals surface area contributed by atoms with Crippen LogP contribution in [0.4, 0.5) is 0 Å². The average molecular weight is 288 g/mol. The zero-order valence-corrected chi connectivity index (χ0v) is 13.0. The van der Waals surface area contributed by atoms with Gasteiger partial charge >= 0.3 is 0 Å². The van der Waals surface area contributed by atoms with Crippen molar-refractivity contribution in [2.24, 2.45) is 11.3 Å². The van der Waals surface area contributed by atoms with E-state index in [1.165, 1.54) is 0 Å². The van der Waals surface area contributed by atoms with Crippen LogP contribution in [-0.4, -0.2) is 17.0 Å². The Morgan fingerprint density at radius 1 is 1.24 bits per heavy atom. The molecule has 2 saturated heterocycles. The van der Waals surface area contributed by atoms with Crippen molar-refractivity contribution < 1.29 is 14.6 Å². The van der Waals surface area contributed by atoms with E-state index in [2.05, 4.69) is 27.4 Å². The third-order valence-corrected chi connectivity index (χ3v) is 5.16. The highest BCUT2D eigenvalue weighted by Crippen LogP contribution is 2.56. The molecule has 21 heavy (non-hydrogen) atoms. The molecule has 3 heteroatoms. The van der Waals surface area contributed by atoms with Crippen molar-refractivity contribution in [2.45, 2.75) is 51.6 Å². The smallest absolute Gasteiger partial charge is 0.172 e. The Morgan fingerprint density at radius 2 is 1.90 bits per heavy atom. The molecule has 0 saturated carbocycles. The van der Waals surface area contributed by atoms with Gasteiger partial charge in [-0.25, -0.2) is 0 Å². The van der Waals surface area contributed by atoms with Crippen LogP contribution in [0.5, 0.6) is 5.75 Å². The number of phenolic OH excluding ortho intramolecular Hbond substituents is 1. The lowest BCUT2D eigenvalue weighted by Gasteiger charge is -2.42. The summed E-state index contributed by atoms with van der Waals surface area (Å²) < 4.78 is 12.8. The van der Waals surface area contributed by atoms with E-state index in [1.54, 1.807) is 12.1 Å². The van der Waals surface area contributed by atoms with Gasteiger partial charge in [0.25, 0.3) is 0 Å². The lowest BCUT2D eigenvalue weighted by molar-refractivity contribution is -0.235. The summed E-state index contributed by atoms with van der Waals surface area (Å²) in [6, 6.07) is 7.24. The standard InChI is InChI=1S/C18H24O3/c1-5-17(4)10-11-18(12(2)3)20-15(16(17)21-18)13-6-8-14(19)9-7-13/h5-9,12,15-16,19H,1,10-11H2,2-4H3/t15-,16+,17+,18-/m0/s1. The number of fused-ring (bicyclic) bond motifs is 2. The predicted molar refractivity (Wildman–Crippen MR) is 81.9 cm³/mol. The summed E-state index contributed by atoms with van der Waals surface area (Å²) in [4.78, 5) is 0. The summed E-state index contributed by atoms with van der Waals surface area (Å²) in [6.45, 7) is 10.5. The highest BCUT2D eigenvalue weighted by molar-refractivity contribution is 5.30. The van der Waals surface area contributed by atoms with Crippen LogP contribution < -0.4 is 0 Å². The van der Waals surface area contributed by atoms with Gasteiger partial charge in [0.1, 0.15) is 18.0 Å². The highest BCUT2D eigenvalue weighted by Gasteiger charge is 2.59. The van der Waals surface area contributed by atoms with Gasteiger partial charge in [-0.15, -0.1) is 6.58 Å². The predicted octanol–water partition coefficient (Wildman–Crippen LogP) is 4.19. The molecule has 0 spiro atoms. The van der Waals surface area contributed by atoms with E-state index in [4.69, 9.17) is 9.47 Å². The Labute approximate surface area is 126 Å². The minimum absolute atomic E-state index is 0.0318. The molecule has 0 radical (unpaired) electrons. The molecule has 0 aliphatic carbocycles. The third-order valence-electron chi connectivity index (χ3n) is 5.16. The molecule has 2 aliphatic rings. The van der Waals surface area contributed by atoms with Gasteiger partial charge in [0.15, 0.2) is 5.79 Å². The minimum Gasteiger partial charge on any atom is -0.508 e. The number of rotatable bonds is 3. The molecule has 2 bridgehead atoms. The molecule has 3 nitrogen and oxygen atoms in total. The van der Waals surface area contributed by atoms with Gasteiger partial charge in [-0.05, 0) is 24.1 Å². The van der Waals surface area contributed by atoms with Gasteiger partial charge in [0.05, 0.1) is 0 Å². The Kier molecular flexibility index (Phi) is 3.38. The molecular formula is C18H24O3. The normalized spacial score (nSPS) is 38.7. The van der Waals surface area contributed by atoms with E-state index >= 15 is 0 Å². The van der Waals surface area contributed by atoms with E-state index < -0.39 is 5.79 Å². The fourth-order valence-corrected chi connectivity index (χ4v) is 3.45. The third kappa shape index (κ3) is 2.19. The Hall–Kier alpha value is -1.32. The molecular weight excluding hydrogens is 264 g/mol. The van der Waals surface area contributed by atoms with E-state index in [0.29, 0.717) is 5.92 Å². The first-order valence-electron chi connectivity index (χ1n) is 7.68. The van der Waals surface area contributed by atoms with Crippen molar-refractivity contribution in [3.8, 4) is 5.75 Å². The molecule has 1 aromatic carbocycles. The van der Waals surface area contributed by atoms with Crippen LogP contribution in [-0.2, 0) is 9.47 Å². The van der Waals surface area contributed by atoms with Crippen LogP contribution in [0, 0.1) is 11.3 Å². The fraction of sp³-hybridized carbons (Fsp3) is 0.556. The molecule has 2 fully saturated rings. The van der Waals surface area contributed by atoms with Gasteiger partial charge in [-0.1, -0.05) is 39.0 Å². The van der Waals surface area contributed by atoms with Crippen LogP contribution in [0.25, 0.3) is 0 Å². The van der Waals surface area contributed by atoms with Crippen LogP contribution in [0.3, 0.4) is 0 Å². The Morgan fingerprint density at radius 3 is 2.48 bits per heavy atom. The lowest BCUT2D eigenvalue weighted by Crippen LogP contribution is -2.46. The number of aromatic hydroxyl groups is 1. The molecule has 1 N–H and O–H groups in total. The first-order valence-corrected chi connectivity index (χ1v) is 7.68. The van der Waals surface area contributed by atoms with Gasteiger partial charge in [0.2, 0.25) is 0 Å². The highest BCUT2D eigenvalue weighted by atomic mass is 16.8. The molecule has 2 heterocycles. The monoisotopic (exact) mass is 288 g/mol. The maximum absolute atomic E-state index is 9.49. The first kappa shape index (κ1) is 14.6. The SMILES string of the molecule is C=C[C@]1(C)CC[C@@]2(C(C)C)O[C@@H]1[C@H](c1ccc(O)cc1)O2. The lowest BCUT2D eigenvalue weighted by atomic mass is 9.74. The summed E-state index contributed by atoms with van der Waals surface area (Å²) in [6.07, 6.45) is 3.77. The summed E-state index contributed by atoms with van der Waals surface area (Å²) in [5, 5.41) is 9.49. The molecule has 3 rings (SSSR count). The number of phenols is 1. The maximum Gasteiger partial charge on any atom is 0.172 e. The van der Waals surface area contributed by atoms with Crippen molar-refractivity contribution in [2.75, 3.05) is 0 Å². The number of hydrogen-bond donors (Lipinski definition) is 1. The summed E-state index contributed by atoms with van der Waals surface area (Å²) in [5.74, 6) is 0.0811. The van der Waals surface area contributed by atoms with E-state index in [0.717, 1.165) is 18.4 Å². The Balaban J connectivity index is 2.00. The van der Waals surface area contributed by atoms with Crippen molar-refractivity contribution >= 4 is 0 Å². The average Bonchev–Trinajstić information content (AvgIpc) is 2.82. The zero-order valence-electron chi connectivity index (χ0n) is 13.0. The summed E-state index contributed by atoms with van der Waals surface area (Å²) in [5.41, 5.74) is 0.965. The number of ether oxygens (including phenoxy) is 2. The van der Waals surface area contributed by atoms with Crippen molar-refractivity contribution in [3.05, 3.63) is 42.5 Å². The maximum atomic E-state index is 9.49. The fourth-order valence-electron chi connectivity index (χ4n) is 3.45. The molecule has 0 unspecified atom stereocenters. The van der Waals surface area contributed by atoms with Crippen LogP contribution in [0.2, 0.25) is 0 Å². The number of hydrogen-bond acceptors (Lipinski definition) is 3. The second-order valence-electron chi connectivity index (χ2n) is 6.84. The summed E-state index contributed by atoms with van der Waals surface area (Å²) >= 11 is 0. The second-order valence-corrected chi connectivity index (χ2v) is 6.84. The number of benzene rings is 1. The largest absolute Gasteiger partial charge is 0.508 e. The molecule has 4 atom stereocenters. The van der Waals surface area contributed by atoms with E-state index in [1.807, 2.05) is 18.2 Å². The first-order chi connectivity index (χ1) is 9.90. The minimum atomic E-state index is -0.490. The molecule has 2 aliphatic heterocycles. The molecule has 1 aromatic rings. The van der Waals surface area contributed by atoms with Crippen molar-refractivity contribution in [1.82, 2.24) is 0 Å². The summed E-state index contributed by atoms with van der Waals surface area (Å²) in [7, 11) is 0. The van der Waals surface area contributed by atoms with Gasteiger partial charge in [0, 0.05) is 17.8 Å². The second kappa shape index (κ2) is 4.85. The quantitative estimate of drug-likeness (QED) is 0.848. The zero-order chi connectivity index (χ0) is 15.3. The van der Waals surface area contributed by atoms with E-state index in [9.17, 15) is 5.11 Å².